The van der Waals surface area contributed by atoms with Crippen LogP contribution in [0, 0.1) is 11.8 Å². The first-order valence-electron chi connectivity index (χ1n) is 10.7. The van der Waals surface area contributed by atoms with Crippen LogP contribution in [-0.2, 0) is 5.41 Å². The summed E-state index contributed by atoms with van der Waals surface area (Å²) in [6.45, 7) is 2.65. The van der Waals surface area contributed by atoms with Crippen LogP contribution in [0.3, 0.4) is 0 Å². The molecule has 4 aliphatic rings. The summed E-state index contributed by atoms with van der Waals surface area (Å²) < 4.78 is 12.3. The van der Waals surface area contributed by atoms with Crippen molar-refractivity contribution in [3.05, 3.63) is 35.5 Å². The number of fused-ring (bicyclic) bond motifs is 1. The smallest absolute Gasteiger partial charge is 0.161 e. The number of allylic oxidation sites excluding steroid dienone is 1. The van der Waals surface area contributed by atoms with E-state index in [0.717, 1.165) is 62.4 Å². The third kappa shape index (κ3) is 3.44. The third-order valence-corrected chi connectivity index (χ3v) is 6.83. The van der Waals surface area contributed by atoms with Gasteiger partial charge in [-0.2, -0.15) is 0 Å². The fourth-order valence-corrected chi connectivity index (χ4v) is 4.63. The van der Waals surface area contributed by atoms with Crippen molar-refractivity contribution < 1.29 is 14.6 Å². The number of benzene rings is 1. The summed E-state index contributed by atoms with van der Waals surface area (Å²) in [6.07, 6.45) is 9.84. The van der Waals surface area contributed by atoms with Crippen LogP contribution in [0.5, 0.6) is 11.5 Å². The molecular weight excluding hydrogens is 338 g/mol. The molecule has 1 heterocycles. The summed E-state index contributed by atoms with van der Waals surface area (Å²) in [5, 5.41) is 10.2. The molecule has 1 saturated heterocycles. The van der Waals surface area contributed by atoms with E-state index in [1.807, 2.05) is 0 Å². The fraction of sp³-hybridized carbons (Fsp3) is 0.652. The monoisotopic (exact) mass is 369 g/mol. The summed E-state index contributed by atoms with van der Waals surface area (Å²) >= 11 is 0. The van der Waals surface area contributed by atoms with Crippen molar-refractivity contribution in [2.75, 3.05) is 26.8 Å². The second-order valence-electron chi connectivity index (χ2n) is 9.08. The lowest BCUT2D eigenvalue weighted by atomic mass is 9.70. The summed E-state index contributed by atoms with van der Waals surface area (Å²) in [7, 11) is 2.14. The normalized spacial score (nSPS) is 30.1. The molecule has 0 radical (unpaired) electrons. The number of likely N-dealkylation sites (N-methyl/N-ethyl adjacent to an activating group) is 1. The predicted molar refractivity (Wildman–Crippen MR) is 105 cm³/mol. The average molecular weight is 370 g/mol. The van der Waals surface area contributed by atoms with Gasteiger partial charge >= 0.3 is 0 Å². The van der Waals surface area contributed by atoms with E-state index in [-0.39, 0.29) is 11.5 Å². The Kier molecular flexibility index (Phi) is 4.34. The largest absolute Gasteiger partial charge is 0.489 e. The van der Waals surface area contributed by atoms with Gasteiger partial charge in [-0.25, -0.2) is 0 Å². The van der Waals surface area contributed by atoms with Gasteiger partial charge in [-0.1, -0.05) is 6.07 Å². The molecule has 1 aromatic rings. The van der Waals surface area contributed by atoms with Gasteiger partial charge in [0.2, 0.25) is 0 Å². The first-order chi connectivity index (χ1) is 13.1. The molecule has 146 valence electrons. The number of likely N-dealkylation sites (tertiary alicyclic amines) is 1. The minimum atomic E-state index is -0.319. The third-order valence-electron chi connectivity index (χ3n) is 6.83. The van der Waals surface area contributed by atoms with Crippen molar-refractivity contribution >= 4 is 0 Å². The van der Waals surface area contributed by atoms with E-state index in [0.29, 0.717) is 0 Å². The first kappa shape index (κ1) is 17.4. The molecular formula is C23H31NO3. The molecule has 3 fully saturated rings. The number of hydrogen-bond acceptors (Lipinski definition) is 4. The summed E-state index contributed by atoms with van der Waals surface area (Å²) in [5.74, 6) is 3.27. The molecule has 0 aromatic heterocycles. The number of aliphatic hydroxyl groups excluding tert-OH is 1. The van der Waals surface area contributed by atoms with Crippen LogP contribution in [0.4, 0.5) is 0 Å². The highest BCUT2D eigenvalue weighted by Crippen LogP contribution is 2.50. The van der Waals surface area contributed by atoms with E-state index in [1.165, 1.54) is 36.9 Å². The molecule has 27 heavy (non-hydrogen) atoms. The van der Waals surface area contributed by atoms with Crippen LogP contribution in [0.2, 0.25) is 0 Å². The Morgan fingerprint density at radius 2 is 1.70 bits per heavy atom. The zero-order chi connectivity index (χ0) is 18.4. The number of aliphatic hydroxyl groups is 1. The van der Waals surface area contributed by atoms with Gasteiger partial charge in [0.1, 0.15) is 0 Å². The number of hydrogen-bond donors (Lipinski definition) is 1. The minimum absolute atomic E-state index is 0.0146. The summed E-state index contributed by atoms with van der Waals surface area (Å²) in [4.78, 5) is 2.31. The van der Waals surface area contributed by atoms with Crippen LogP contribution in [0.25, 0.3) is 0 Å². The van der Waals surface area contributed by atoms with Crippen LogP contribution in [0.1, 0.15) is 50.5 Å². The molecule has 0 amide bonds. The van der Waals surface area contributed by atoms with Crippen LogP contribution >= 0.6 is 0 Å². The van der Waals surface area contributed by atoms with Gasteiger partial charge in [0, 0.05) is 24.7 Å². The van der Waals surface area contributed by atoms with E-state index in [4.69, 9.17) is 9.47 Å². The van der Waals surface area contributed by atoms with Crippen LogP contribution in [0.15, 0.2) is 30.0 Å². The fourth-order valence-electron chi connectivity index (χ4n) is 4.63. The average Bonchev–Trinajstić information content (AvgIpc) is 3.59. The second-order valence-corrected chi connectivity index (χ2v) is 9.08. The van der Waals surface area contributed by atoms with E-state index >= 15 is 0 Å². The Hall–Kier alpha value is -1.68. The molecule has 0 bridgehead atoms. The highest BCUT2D eigenvalue weighted by Gasteiger charge is 2.45. The highest BCUT2D eigenvalue weighted by atomic mass is 16.5. The minimum Gasteiger partial charge on any atom is -0.489 e. The van der Waals surface area contributed by atoms with Crippen molar-refractivity contribution in [2.45, 2.75) is 56.5 Å². The SMILES string of the molecule is CN1CC[C@]2(c3ccc(OCC4CC4)c(OCC4CC4)c3)CC[C@H](O)C=C12. The zero-order valence-corrected chi connectivity index (χ0v) is 16.3. The Bertz CT molecular complexity index is 737. The molecule has 2 atom stereocenters. The lowest BCUT2D eigenvalue weighted by molar-refractivity contribution is 0.181. The maximum Gasteiger partial charge on any atom is 0.161 e. The summed E-state index contributed by atoms with van der Waals surface area (Å²) in [6, 6.07) is 6.59. The zero-order valence-electron chi connectivity index (χ0n) is 16.3. The van der Waals surface area contributed by atoms with Gasteiger partial charge in [0.15, 0.2) is 11.5 Å². The van der Waals surface area contributed by atoms with E-state index in [2.05, 4.69) is 36.2 Å². The van der Waals surface area contributed by atoms with E-state index < -0.39 is 0 Å². The Morgan fingerprint density at radius 3 is 2.41 bits per heavy atom. The topological polar surface area (TPSA) is 41.9 Å². The molecule has 4 heteroatoms. The highest BCUT2D eigenvalue weighted by molar-refractivity contribution is 5.49. The van der Waals surface area contributed by atoms with Crippen LogP contribution in [-0.4, -0.2) is 42.9 Å². The second kappa shape index (κ2) is 6.73. The summed E-state index contributed by atoms with van der Waals surface area (Å²) in [5.41, 5.74) is 2.61. The number of rotatable bonds is 7. The van der Waals surface area contributed by atoms with Crippen molar-refractivity contribution in [3.8, 4) is 11.5 Å². The standard InChI is InChI=1S/C23H31NO3/c1-24-11-10-23(9-8-19(25)13-22(23)24)18-6-7-20(26-14-16-2-3-16)21(12-18)27-15-17-4-5-17/h6-7,12-13,16-17,19,25H,2-5,8-11,14-15H2,1H3/t19-,23-/m0/s1. The molecule has 0 spiro atoms. The first-order valence-corrected chi connectivity index (χ1v) is 10.7. The number of nitrogens with zero attached hydrogens (tertiary/aromatic N) is 1. The molecule has 1 N–H and O–H groups in total. The number of ether oxygens (including phenoxy) is 2. The molecule has 0 unspecified atom stereocenters. The van der Waals surface area contributed by atoms with Gasteiger partial charge < -0.3 is 19.5 Å². The van der Waals surface area contributed by atoms with Crippen molar-refractivity contribution in [3.63, 3.8) is 0 Å². The Balaban J connectivity index is 1.45. The molecule has 3 aliphatic carbocycles. The van der Waals surface area contributed by atoms with Crippen molar-refractivity contribution in [1.82, 2.24) is 4.90 Å². The lowest BCUT2D eigenvalue weighted by Crippen LogP contribution is -2.33. The molecule has 1 aromatic carbocycles. The molecule has 2 saturated carbocycles. The quantitative estimate of drug-likeness (QED) is 0.792. The molecule has 5 rings (SSSR count). The molecule has 1 aliphatic heterocycles. The Labute approximate surface area is 162 Å². The van der Waals surface area contributed by atoms with E-state index in [1.54, 1.807) is 0 Å². The van der Waals surface area contributed by atoms with Crippen molar-refractivity contribution in [1.29, 1.82) is 0 Å². The van der Waals surface area contributed by atoms with Gasteiger partial charge in [-0.3, -0.25) is 0 Å². The molecule has 4 nitrogen and oxygen atoms in total. The van der Waals surface area contributed by atoms with Gasteiger partial charge in [0.05, 0.1) is 19.3 Å². The lowest BCUT2D eigenvalue weighted by Gasteiger charge is -2.37. The van der Waals surface area contributed by atoms with Gasteiger partial charge in [-0.05, 0) is 80.6 Å². The Morgan fingerprint density at radius 1 is 1.00 bits per heavy atom. The maximum absolute atomic E-state index is 10.2. The van der Waals surface area contributed by atoms with Crippen LogP contribution < -0.4 is 9.47 Å². The predicted octanol–water partition coefficient (Wildman–Crippen LogP) is 3.88. The van der Waals surface area contributed by atoms with E-state index in [9.17, 15) is 5.11 Å². The van der Waals surface area contributed by atoms with Crippen molar-refractivity contribution in [2.24, 2.45) is 11.8 Å². The van der Waals surface area contributed by atoms with Gasteiger partial charge in [0.25, 0.3) is 0 Å². The maximum atomic E-state index is 10.2. The van der Waals surface area contributed by atoms with Gasteiger partial charge in [-0.15, -0.1) is 0 Å².